The van der Waals surface area contributed by atoms with E-state index in [1.54, 1.807) is 24.3 Å². The summed E-state index contributed by atoms with van der Waals surface area (Å²) < 4.78 is 0. The van der Waals surface area contributed by atoms with Crippen LogP contribution >= 0.6 is 11.6 Å². The van der Waals surface area contributed by atoms with Crippen molar-refractivity contribution < 1.29 is 9.59 Å². The van der Waals surface area contributed by atoms with Crippen LogP contribution in [0.15, 0.2) is 36.5 Å². The van der Waals surface area contributed by atoms with Crippen LogP contribution in [0.25, 0.3) is 0 Å². The van der Waals surface area contributed by atoms with Crippen molar-refractivity contribution in [2.24, 2.45) is 0 Å². The molecule has 6 heteroatoms. The van der Waals surface area contributed by atoms with Crippen molar-refractivity contribution in [3.8, 4) is 0 Å². The molecular formula is C16H18ClN3O2. The van der Waals surface area contributed by atoms with E-state index in [4.69, 9.17) is 11.6 Å². The molecule has 0 saturated carbocycles. The summed E-state index contributed by atoms with van der Waals surface area (Å²) in [4.78, 5) is 26.9. The van der Waals surface area contributed by atoms with Gasteiger partial charge in [-0.1, -0.05) is 17.7 Å². The van der Waals surface area contributed by atoms with Gasteiger partial charge >= 0.3 is 0 Å². The fourth-order valence-corrected chi connectivity index (χ4v) is 2.01. The summed E-state index contributed by atoms with van der Waals surface area (Å²) in [5.74, 6) is -0.508. The normalized spacial score (nSPS) is 11.1. The average molecular weight is 320 g/mol. The molecular weight excluding hydrogens is 302 g/mol. The second-order valence-corrected chi connectivity index (χ2v) is 6.41. The summed E-state index contributed by atoms with van der Waals surface area (Å²) in [7, 11) is 0. The third-order valence-corrected chi connectivity index (χ3v) is 2.98. The van der Waals surface area contributed by atoms with Crippen molar-refractivity contribution in [2.75, 3.05) is 5.32 Å². The molecule has 1 heterocycles. The monoisotopic (exact) mass is 319 g/mol. The number of carbonyl (C=O) groups excluding carboxylic acids is 2. The van der Waals surface area contributed by atoms with Crippen LogP contribution in [0.2, 0.25) is 5.02 Å². The molecule has 1 aromatic carbocycles. The number of rotatable bonds is 3. The molecule has 0 aliphatic heterocycles. The van der Waals surface area contributed by atoms with E-state index in [-0.39, 0.29) is 17.4 Å². The average Bonchev–Trinajstić information content (AvgIpc) is 2.84. The predicted octanol–water partition coefficient (Wildman–Crippen LogP) is 3.45. The molecule has 0 bridgehead atoms. The van der Waals surface area contributed by atoms with Crippen molar-refractivity contribution in [1.82, 2.24) is 10.3 Å². The highest BCUT2D eigenvalue weighted by molar-refractivity contribution is 6.31. The predicted molar refractivity (Wildman–Crippen MR) is 87.4 cm³/mol. The lowest BCUT2D eigenvalue weighted by Crippen LogP contribution is -2.40. The van der Waals surface area contributed by atoms with Gasteiger partial charge < -0.3 is 15.6 Å². The van der Waals surface area contributed by atoms with Gasteiger partial charge in [0.05, 0.1) is 5.02 Å². The van der Waals surface area contributed by atoms with Crippen LogP contribution in [0.3, 0.4) is 0 Å². The number of amides is 2. The van der Waals surface area contributed by atoms with Crippen LogP contribution < -0.4 is 10.6 Å². The molecule has 2 aromatic rings. The van der Waals surface area contributed by atoms with E-state index < -0.39 is 0 Å². The third-order valence-electron chi connectivity index (χ3n) is 2.76. The topological polar surface area (TPSA) is 74.0 Å². The minimum absolute atomic E-state index is 0.188. The molecule has 0 unspecified atom stereocenters. The Bertz CT molecular complexity index is 701. The maximum atomic E-state index is 12.1. The van der Waals surface area contributed by atoms with Crippen molar-refractivity contribution in [3.05, 3.63) is 52.8 Å². The van der Waals surface area contributed by atoms with Crippen molar-refractivity contribution >= 4 is 29.1 Å². The summed E-state index contributed by atoms with van der Waals surface area (Å²) >= 11 is 5.77. The van der Waals surface area contributed by atoms with Gasteiger partial charge in [0.15, 0.2) is 0 Å². The van der Waals surface area contributed by atoms with Crippen molar-refractivity contribution in [3.63, 3.8) is 0 Å². The van der Waals surface area contributed by atoms with Crippen LogP contribution in [0.1, 0.15) is 41.6 Å². The largest absolute Gasteiger partial charge is 0.356 e. The van der Waals surface area contributed by atoms with E-state index in [9.17, 15) is 9.59 Å². The highest BCUT2D eigenvalue weighted by Gasteiger charge is 2.16. The first kappa shape index (κ1) is 16.1. The SMILES string of the molecule is CC(C)(C)NC(=O)c1cccc(NC(=O)c2cc(Cl)c[nH]2)c1. The maximum Gasteiger partial charge on any atom is 0.272 e. The maximum absolute atomic E-state index is 12.1. The van der Waals surface area contributed by atoms with Gasteiger partial charge in [-0.05, 0) is 45.0 Å². The molecule has 1 aromatic heterocycles. The summed E-state index contributed by atoms with van der Waals surface area (Å²) in [6.45, 7) is 5.72. The van der Waals surface area contributed by atoms with Crippen LogP contribution in [0, 0.1) is 0 Å². The molecule has 0 aliphatic rings. The molecule has 3 N–H and O–H groups in total. The Morgan fingerprint density at radius 2 is 1.86 bits per heavy atom. The van der Waals surface area contributed by atoms with Gasteiger partial charge in [-0.2, -0.15) is 0 Å². The molecule has 5 nitrogen and oxygen atoms in total. The second-order valence-electron chi connectivity index (χ2n) is 5.97. The minimum Gasteiger partial charge on any atom is -0.356 e. The van der Waals surface area contributed by atoms with E-state index in [2.05, 4.69) is 15.6 Å². The Hall–Kier alpha value is -2.27. The Morgan fingerprint density at radius 3 is 2.45 bits per heavy atom. The first-order valence-electron chi connectivity index (χ1n) is 6.82. The number of carbonyl (C=O) groups is 2. The molecule has 0 fully saturated rings. The number of anilines is 1. The molecule has 2 amide bonds. The van der Waals surface area contributed by atoms with Crippen molar-refractivity contribution in [2.45, 2.75) is 26.3 Å². The van der Waals surface area contributed by atoms with Gasteiger partial charge in [0, 0.05) is 23.0 Å². The van der Waals surface area contributed by atoms with Crippen molar-refractivity contribution in [1.29, 1.82) is 0 Å². The first-order valence-corrected chi connectivity index (χ1v) is 7.20. The quantitative estimate of drug-likeness (QED) is 0.810. The van der Waals surface area contributed by atoms with Gasteiger partial charge in [-0.3, -0.25) is 9.59 Å². The van der Waals surface area contributed by atoms with E-state index in [0.717, 1.165) is 0 Å². The lowest BCUT2D eigenvalue weighted by atomic mass is 10.1. The summed E-state index contributed by atoms with van der Waals surface area (Å²) in [6.07, 6.45) is 1.53. The van der Waals surface area contributed by atoms with Gasteiger partial charge in [-0.15, -0.1) is 0 Å². The van der Waals surface area contributed by atoms with Crippen LogP contribution in [0.5, 0.6) is 0 Å². The number of H-pyrrole nitrogens is 1. The summed E-state index contributed by atoms with van der Waals surface area (Å²) in [6, 6.07) is 8.30. The number of aromatic amines is 1. The van der Waals surface area contributed by atoms with Gasteiger partial charge in [0.25, 0.3) is 11.8 Å². The molecule has 0 spiro atoms. The number of hydrogen-bond acceptors (Lipinski definition) is 2. The Balaban J connectivity index is 2.11. The van der Waals surface area contributed by atoms with Gasteiger partial charge in [0.1, 0.15) is 5.69 Å². The number of hydrogen-bond donors (Lipinski definition) is 3. The molecule has 0 saturated heterocycles. The number of nitrogens with one attached hydrogen (secondary N) is 3. The smallest absolute Gasteiger partial charge is 0.272 e. The third kappa shape index (κ3) is 4.36. The molecule has 0 radical (unpaired) electrons. The van der Waals surface area contributed by atoms with E-state index in [1.807, 2.05) is 20.8 Å². The number of benzene rings is 1. The highest BCUT2D eigenvalue weighted by atomic mass is 35.5. The summed E-state index contributed by atoms with van der Waals surface area (Å²) in [5, 5.41) is 6.06. The standard InChI is InChI=1S/C16H18ClN3O2/c1-16(2,3)20-14(21)10-5-4-6-12(7-10)19-15(22)13-8-11(17)9-18-13/h4-9,18H,1-3H3,(H,19,22)(H,20,21). The summed E-state index contributed by atoms with van der Waals surface area (Å²) in [5.41, 5.74) is 1.06. The minimum atomic E-state index is -0.322. The van der Waals surface area contributed by atoms with E-state index in [1.165, 1.54) is 12.3 Å². The lowest BCUT2D eigenvalue weighted by molar-refractivity contribution is 0.0918. The Kier molecular flexibility index (Phi) is 4.56. The fraction of sp³-hybridized carbons (Fsp3) is 0.250. The first-order chi connectivity index (χ1) is 10.2. The van der Waals surface area contributed by atoms with Crippen LogP contribution in [0.4, 0.5) is 5.69 Å². The van der Waals surface area contributed by atoms with Crippen LogP contribution in [-0.2, 0) is 0 Å². The van der Waals surface area contributed by atoms with Gasteiger partial charge in [-0.25, -0.2) is 0 Å². The highest BCUT2D eigenvalue weighted by Crippen LogP contribution is 2.15. The van der Waals surface area contributed by atoms with E-state index >= 15 is 0 Å². The van der Waals surface area contributed by atoms with Gasteiger partial charge in [0.2, 0.25) is 0 Å². The molecule has 116 valence electrons. The number of halogens is 1. The lowest BCUT2D eigenvalue weighted by Gasteiger charge is -2.20. The molecule has 0 aliphatic carbocycles. The molecule has 22 heavy (non-hydrogen) atoms. The zero-order valence-corrected chi connectivity index (χ0v) is 13.4. The second kappa shape index (κ2) is 6.23. The Labute approximate surface area is 134 Å². The molecule has 2 rings (SSSR count). The Morgan fingerprint density at radius 1 is 1.14 bits per heavy atom. The fourth-order valence-electron chi connectivity index (χ4n) is 1.85. The molecule has 0 atom stereocenters. The van der Waals surface area contributed by atoms with E-state index in [0.29, 0.717) is 22.0 Å². The van der Waals surface area contributed by atoms with Crippen LogP contribution in [-0.4, -0.2) is 22.3 Å². The number of aromatic nitrogens is 1. The zero-order valence-electron chi connectivity index (χ0n) is 12.7. The zero-order chi connectivity index (χ0) is 16.3.